The lowest BCUT2D eigenvalue weighted by atomic mass is 9.90. The number of hydrogen-bond acceptors (Lipinski definition) is 0. The first kappa shape index (κ1) is 12.5. The van der Waals surface area contributed by atoms with Crippen molar-refractivity contribution in [1.29, 1.82) is 0 Å². The summed E-state index contributed by atoms with van der Waals surface area (Å²) in [7, 11) is 0. The lowest BCUT2D eigenvalue weighted by Gasteiger charge is -2.16. The molecule has 0 N–H and O–H groups in total. The highest BCUT2D eigenvalue weighted by molar-refractivity contribution is 5.22. The first-order valence-corrected chi connectivity index (χ1v) is 6.72. The van der Waals surface area contributed by atoms with Gasteiger partial charge in [0.15, 0.2) is 0 Å². The van der Waals surface area contributed by atoms with E-state index in [-0.39, 0.29) is 0 Å². The summed E-state index contributed by atoms with van der Waals surface area (Å²) in [6.07, 6.45) is 17.9. The van der Waals surface area contributed by atoms with Crippen LogP contribution in [0.15, 0.2) is 23.8 Å². The standard InChI is InChI=1S/C15H26/c1-3-5-7-10-14(4-2)13-15-11-8-6-9-12-15/h8,11-12,14H,3-7,9-10,13H2,1-2H3. The Balaban J connectivity index is 2.26. The average molecular weight is 206 g/mol. The number of allylic oxidation sites excluding steroid dienone is 4. The van der Waals surface area contributed by atoms with E-state index < -0.39 is 0 Å². The summed E-state index contributed by atoms with van der Waals surface area (Å²) >= 11 is 0. The number of rotatable bonds is 7. The van der Waals surface area contributed by atoms with Crippen LogP contribution in [0.2, 0.25) is 0 Å². The summed E-state index contributed by atoms with van der Waals surface area (Å²) in [4.78, 5) is 0. The third-order valence-electron chi connectivity index (χ3n) is 3.39. The minimum Gasteiger partial charge on any atom is -0.0840 e. The van der Waals surface area contributed by atoms with E-state index in [4.69, 9.17) is 0 Å². The van der Waals surface area contributed by atoms with Crippen molar-refractivity contribution in [1.82, 2.24) is 0 Å². The molecule has 0 heterocycles. The largest absolute Gasteiger partial charge is 0.0840 e. The summed E-state index contributed by atoms with van der Waals surface area (Å²) < 4.78 is 0. The molecule has 0 amide bonds. The third-order valence-corrected chi connectivity index (χ3v) is 3.39. The van der Waals surface area contributed by atoms with E-state index in [1.54, 1.807) is 5.57 Å². The molecule has 1 rings (SSSR count). The molecular weight excluding hydrogens is 180 g/mol. The van der Waals surface area contributed by atoms with E-state index in [0.717, 1.165) is 5.92 Å². The van der Waals surface area contributed by atoms with Gasteiger partial charge in [0.05, 0.1) is 0 Å². The molecule has 1 aliphatic carbocycles. The van der Waals surface area contributed by atoms with Gasteiger partial charge < -0.3 is 0 Å². The molecule has 0 aromatic heterocycles. The first-order chi connectivity index (χ1) is 7.36. The maximum absolute atomic E-state index is 2.43. The number of unbranched alkanes of at least 4 members (excludes halogenated alkanes) is 2. The molecule has 0 saturated heterocycles. The maximum Gasteiger partial charge on any atom is -0.0254 e. The summed E-state index contributed by atoms with van der Waals surface area (Å²) in [6, 6.07) is 0. The van der Waals surface area contributed by atoms with Gasteiger partial charge in [-0.1, -0.05) is 69.8 Å². The Labute approximate surface area is 95.5 Å². The minimum atomic E-state index is 0.922. The predicted octanol–water partition coefficient (Wildman–Crippen LogP) is 5.26. The van der Waals surface area contributed by atoms with Gasteiger partial charge in [-0.15, -0.1) is 0 Å². The van der Waals surface area contributed by atoms with E-state index in [1.807, 2.05) is 0 Å². The molecule has 0 saturated carbocycles. The Kier molecular flexibility index (Phi) is 6.47. The van der Waals surface area contributed by atoms with Crippen LogP contribution in [0.1, 0.15) is 65.2 Å². The molecule has 0 fully saturated rings. The van der Waals surface area contributed by atoms with Gasteiger partial charge in [0.1, 0.15) is 0 Å². The fraction of sp³-hybridized carbons (Fsp3) is 0.733. The van der Waals surface area contributed by atoms with E-state index in [2.05, 4.69) is 32.1 Å². The third kappa shape index (κ3) is 5.20. The van der Waals surface area contributed by atoms with Gasteiger partial charge in [-0.05, 0) is 25.2 Å². The summed E-state index contributed by atoms with van der Waals surface area (Å²) in [5.74, 6) is 0.922. The molecule has 0 bridgehead atoms. The van der Waals surface area contributed by atoms with E-state index in [1.165, 1.54) is 51.4 Å². The second-order valence-corrected chi connectivity index (χ2v) is 4.73. The lowest BCUT2D eigenvalue weighted by Crippen LogP contribution is -2.01. The van der Waals surface area contributed by atoms with Crippen LogP contribution in [0.4, 0.5) is 0 Å². The molecule has 0 spiro atoms. The molecule has 0 nitrogen and oxygen atoms in total. The van der Waals surface area contributed by atoms with E-state index in [0.29, 0.717) is 0 Å². The lowest BCUT2D eigenvalue weighted by molar-refractivity contribution is 0.443. The predicted molar refractivity (Wildman–Crippen MR) is 69.0 cm³/mol. The normalized spacial score (nSPS) is 17.6. The van der Waals surface area contributed by atoms with Crippen LogP contribution in [0.25, 0.3) is 0 Å². The van der Waals surface area contributed by atoms with Gasteiger partial charge in [-0.2, -0.15) is 0 Å². The summed E-state index contributed by atoms with van der Waals surface area (Å²) in [5.41, 5.74) is 1.59. The summed E-state index contributed by atoms with van der Waals surface area (Å²) in [5, 5.41) is 0. The van der Waals surface area contributed by atoms with Crippen LogP contribution in [0.5, 0.6) is 0 Å². The highest BCUT2D eigenvalue weighted by atomic mass is 14.1. The van der Waals surface area contributed by atoms with Crippen molar-refractivity contribution in [2.45, 2.75) is 65.2 Å². The van der Waals surface area contributed by atoms with Crippen LogP contribution in [-0.4, -0.2) is 0 Å². The highest BCUT2D eigenvalue weighted by Crippen LogP contribution is 2.24. The molecule has 0 aromatic carbocycles. The van der Waals surface area contributed by atoms with Gasteiger partial charge in [0.25, 0.3) is 0 Å². The van der Waals surface area contributed by atoms with E-state index in [9.17, 15) is 0 Å². The first-order valence-electron chi connectivity index (χ1n) is 6.72. The minimum absolute atomic E-state index is 0.922. The molecule has 1 atom stereocenters. The fourth-order valence-corrected chi connectivity index (χ4v) is 2.29. The second-order valence-electron chi connectivity index (χ2n) is 4.73. The van der Waals surface area contributed by atoms with Crippen molar-refractivity contribution < 1.29 is 0 Å². The molecule has 0 aromatic rings. The van der Waals surface area contributed by atoms with Crippen molar-refractivity contribution in [2.75, 3.05) is 0 Å². The van der Waals surface area contributed by atoms with Gasteiger partial charge in [-0.25, -0.2) is 0 Å². The molecule has 0 radical (unpaired) electrons. The van der Waals surface area contributed by atoms with Crippen molar-refractivity contribution in [2.24, 2.45) is 5.92 Å². The SMILES string of the molecule is CCCCCC(CC)CC1=CCCC=C1. The van der Waals surface area contributed by atoms with Crippen molar-refractivity contribution in [3.8, 4) is 0 Å². The average Bonchev–Trinajstić information content (AvgIpc) is 2.29. The van der Waals surface area contributed by atoms with Gasteiger partial charge in [0, 0.05) is 0 Å². The number of hydrogen-bond donors (Lipinski definition) is 0. The highest BCUT2D eigenvalue weighted by Gasteiger charge is 2.08. The van der Waals surface area contributed by atoms with Crippen LogP contribution in [0.3, 0.4) is 0 Å². The molecule has 0 aliphatic heterocycles. The molecular formula is C15H26. The fourth-order valence-electron chi connectivity index (χ4n) is 2.29. The Morgan fingerprint density at radius 1 is 1.20 bits per heavy atom. The summed E-state index contributed by atoms with van der Waals surface area (Å²) in [6.45, 7) is 4.62. The second kappa shape index (κ2) is 7.73. The van der Waals surface area contributed by atoms with Gasteiger partial charge in [0.2, 0.25) is 0 Å². The Hall–Kier alpha value is -0.520. The molecule has 15 heavy (non-hydrogen) atoms. The Bertz CT molecular complexity index is 210. The van der Waals surface area contributed by atoms with Gasteiger partial charge in [-0.3, -0.25) is 0 Å². The zero-order valence-electron chi connectivity index (χ0n) is 10.5. The molecule has 1 aliphatic rings. The van der Waals surface area contributed by atoms with Crippen molar-refractivity contribution >= 4 is 0 Å². The topological polar surface area (TPSA) is 0 Å². The van der Waals surface area contributed by atoms with Crippen LogP contribution in [-0.2, 0) is 0 Å². The van der Waals surface area contributed by atoms with Crippen LogP contribution < -0.4 is 0 Å². The smallest absolute Gasteiger partial charge is 0.0254 e. The molecule has 0 heteroatoms. The maximum atomic E-state index is 2.43. The van der Waals surface area contributed by atoms with E-state index >= 15 is 0 Å². The van der Waals surface area contributed by atoms with Crippen molar-refractivity contribution in [3.63, 3.8) is 0 Å². The molecule has 86 valence electrons. The quantitative estimate of drug-likeness (QED) is 0.498. The Morgan fingerprint density at radius 2 is 2.07 bits per heavy atom. The van der Waals surface area contributed by atoms with Crippen molar-refractivity contribution in [3.05, 3.63) is 23.8 Å². The van der Waals surface area contributed by atoms with Crippen LogP contribution >= 0.6 is 0 Å². The zero-order valence-corrected chi connectivity index (χ0v) is 10.5. The van der Waals surface area contributed by atoms with Gasteiger partial charge >= 0.3 is 0 Å². The molecule has 1 unspecified atom stereocenters. The monoisotopic (exact) mass is 206 g/mol. The van der Waals surface area contributed by atoms with Crippen LogP contribution in [0, 0.1) is 5.92 Å². The zero-order chi connectivity index (χ0) is 10.9. The Morgan fingerprint density at radius 3 is 2.67 bits per heavy atom.